The number of hydrogen-bond donors (Lipinski definition) is 0. The first kappa shape index (κ1) is 15.7. The van der Waals surface area contributed by atoms with Gasteiger partial charge in [-0.25, -0.2) is 0 Å². The summed E-state index contributed by atoms with van der Waals surface area (Å²) in [5.41, 5.74) is 1.81. The molecule has 0 heterocycles. The van der Waals surface area contributed by atoms with Crippen molar-refractivity contribution in [2.45, 2.75) is 0 Å². The number of rotatable bonds is 4. The lowest BCUT2D eigenvalue weighted by Gasteiger charge is -1.98. The quantitative estimate of drug-likeness (QED) is 0.336. The van der Waals surface area contributed by atoms with E-state index in [0.717, 1.165) is 10.0 Å². The van der Waals surface area contributed by atoms with Crippen LogP contribution in [0.3, 0.4) is 0 Å². The molecule has 0 atom stereocenters. The molecule has 2 aromatic rings. The number of nitro groups is 1. The predicted molar refractivity (Wildman–Crippen MR) is 89.9 cm³/mol. The van der Waals surface area contributed by atoms with Gasteiger partial charge in [-0.3, -0.25) is 10.1 Å². The van der Waals surface area contributed by atoms with E-state index in [9.17, 15) is 15.4 Å². The molecule has 0 saturated carbocycles. The maximum atomic E-state index is 10.9. The Morgan fingerprint density at radius 1 is 1.18 bits per heavy atom. The Bertz CT molecular complexity index is 787. The largest absolute Gasteiger partial charge is 0.276 e. The summed E-state index contributed by atoms with van der Waals surface area (Å²) in [6.07, 6.45) is 4.90. The highest BCUT2D eigenvalue weighted by Crippen LogP contribution is 2.20. The summed E-state index contributed by atoms with van der Waals surface area (Å²) >= 11 is 3.34. The second-order valence-corrected chi connectivity index (χ2v) is 5.29. The Morgan fingerprint density at radius 3 is 2.50 bits per heavy atom. The number of allylic oxidation sites excluding steroid dienone is 3. The van der Waals surface area contributed by atoms with Crippen LogP contribution in [0, 0.1) is 21.4 Å². The molecular weight excluding hydrogens is 344 g/mol. The number of para-hydroxylation sites is 1. The summed E-state index contributed by atoms with van der Waals surface area (Å²) in [5.74, 6) is 0. The molecule has 0 fully saturated rings. The van der Waals surface area contributed by atoms with Crippen molar-refractivity contribution in [3.8, 4) is 6.07 Å². The van der Waals surface area contributed by atoms with E-state index in [1.807, 2.05) is 24.3 Å². The maximum absolute atomic E-state index is 10.9. The normalized spacial score (nSPS) is 11.4. The van der Waals surface area contributed by atoms with Crippen LogP contribution >= 0.6 is 15.9 Å². The van der Waals surface area contributed by atoms with E-state index in [0.29, 0.717) is 11.1 Å². The smallest absolute Gasteiger partial charge is 0.258 e. The second-order valence-electron chi connectivity index (χ2n) is 4.37. The molecule has 0 aliphatic heterocycles. The molecule has 5 heteroatoms. The van der Waals surface area contributed by atoms with Crippen molar-refractivity contribution in [2.24, 2.45) is 0 Å². The molecule has 0 aliphatic rings. The lowest BCUT2D eigenvalue weighted by molar-refractivity contribution is -0.385. The SMILES string of the molecule is N#C/C(=C/C=C/c1ccccc1[N+](=O)[O-])c1ccc(Br)cc1. The number of nitriles is 1. The third kappa shape index (κ3) is 3.90. The molecule has 0 saturated heterocycles. The summed E-state index contributed by atoms with van der Waals surface area (Å²) in [5, 5.41) is 20.1. The van der Waals surface area contributed by atoms with Crippen molar-refractivity contribution in [1.29, 1.82) is 5.26 Å². The summed E-state index contributed by atoms with van der Waals surface area (Å²) < 4.78 is 0.934. The molecule has 0 aromatic heterocycles. The molecule has 2 rings (SSSR count). The van der Waals surface area contributed by atoms with Crippen LogP contribution in [0.15, 0.2) is 65.2 Å². The molecule has 0 radical (unpaired) electrons. The molecule has 0 bridgehead atoms. The molecule has 0 N–H and O–H groups in total. The summed E-state index contributed by atoms with van der Waals surface area (Å²) in [4.78, 5) is 10.5. The second kappa shape index (κ2) is 7.34. The van der Waals surface area contributed by atoms with Crippen molar-refractivity contribution < 1.29 is 4.92 Å². The topological polar surface area (TPSA) is 66.9 Å². The summed E-state index contributed by atoms with van der Waals surface area (Å²) in [6, 6.07) is 16.0. The fourth-order valence-electron chi connectivity index (χ4n) is 1.87. The number of hydrogen-bond acceptors (Lipinski definition) is 3. The van der Waals surface area contributed by atoms with Gasteiger partial charge in [0.05, 0.1) is 22.1 Å². The highest BCUT2D eigenvalue weighted by atomic mass is 79.9. The number of nitro benzene ring substituents is 1. The number of benzene rings is 2. The zero-order valence-corrected chi connectivity index (χ0v) is 13.0. The third-order valence-electron chi connectivity index (χ3n) is 2.95. The van der Waals surface area contributed by atoms with E-state index >= 15 is 0 Å². The van der Waals surface area contributed by atoms with Gasteiger partial charge in [-0.2, -0.15) is 5.26 Å². The van der Waals surface area contributed by atoms with Crippen LogP contribution in [-0.4, -0.2) is 4.92 Å². The van der Waals surface area contributed by atoms with Crippen molar-refractivity contribution in [3.05, 3.63) is 86.4 Å². The van der Waals surface area contributed by atoms with E-state index in [4.69, 9.17) is 0 Å². The van der Waals surface area contributed by atoms with Gasteiger partial charge in [-0.15, -0.1) is 0 Å². The Morgan fingerprint density at radius 2 is 1.86 bits per heavy atom. The molecule has 0 unspecified atom stereocenters. The fraction of sp³-hybridized carbons (Fsp3) is 0. The average Bonchev–Trinajstić information content (AvgIpc) is 2.53. The minimum atomic E-state index is -0.427. The van der Waals surface area contributed by atoms with Crippen LogP contribution in [0.2, 0.25) is 0 Å². The van der Waals surface area contributed by atoms with Gasteiger partial charge < -0.3 is 0 Å². The van der Waals surface area contributed by atoms with Crippen LogP contribution in [0.25, 0.3) is 11.6 Å². The Kier molecular flexibility index (Phi) is 5.23. The van der Waals surface area contributed by atoms with Gasteiger partial charge in [0.1, 0.15) is 0 Å². The molecule has 4 nitrogen and oxygen atoms in total. The summed E-state index contributed by atoms with van der Waals surface area (Å²) in [7, 11) is 0. The minimum absolute atomic E-state index is 0.0364. The van der Waals surface area contributed by atoms with Gasteiger partial charge in [-0.1, -0.05) is 46.3 Å². The van der Waals surface area contributed by atoms with Crippen LogP contribution in [-0.2, 0) is 0 Å². The Balaban J connectivity index is 2.28. The van der Waals surface area contributed by atoms with E-state index < -0.39 is 4.92 Å². The highest BCUT2D eigenvalue weighted by molar-refractivity contribution is 9.10. The monoisotopic (exact) mass is 354 g/mol. The highest BCUT2D eigenvalue weighted by Gasteiger charge is 2.08. The van der Waals surface area contributed by atoms with E-state index in [2.05, 4.69) is 22.0 Å². The van der Waals surface area contributed by atoms with Crippen molar-refractivity contribution >= 4 is 33.3 Å². The van der Waals surface area contributed by atoms with Crippen LogP contribution in [0.4, 0.5) is 5.69 Å². The number of halogens is 1. The maximum Gasteiger partial charge on any atom is 0.276 e. The van der Waals surface area contributed by atoms with Crippen LogP contribution in [0.1, 0.15) is 11.1 Å². The first-order valence-corrected chi connectivity index (χ1v) is 7.19. The molecule has 22 heavy (non-hydrogen) atoms. The lowest BCUT2D eigenvalue weighted by Crippen LogP contribution is -1.90. The van der Waals surface area contributed by atoms with Gasteiger partial charge in [0.2, 0.25) is 0 Å². The first-order chi connectivity index (χ1) is 10.6. The molecular formula is C17H11BrN2O2. The zero-order chi connectivity index (χ0) is 15.9. The summed E-state index contributed by atoms with van der Waals surface area (Å²) in [6.45, 7) is 0. The van der Waals surface area contributed by atoms with Gasteiger partial charge >= 0.3 is 0 Å². The zero-order valence-electron chi connectivity index (χ0n) is 11.4. The molecule has 108 valence electrons. The van der Waals surface area contributed by atoms with Gasteiger partial charge in [-0.05, 0) is 35.9 Å². The van der Waals surface area contributed by atoms with Crippen LogP contribution < -0.4 is 0 Å². The first-order valence-electron chi connectivity index (χ1n) is 6.39. The Hall–Kier alpha value is -2.71. The van der Waals surface area contributed by atoms with E-state index in [1.54, 1.807) is 36.4 Å². The fourth-order valence-corrected chi connectivity index (χ4v) is 2.13. The van der Waals surface area contributed by atoms with Crippen LogP contribution in [0.5, 0.6) is 0 Å². The molecule has 0 amide bonds. The molecule has 0 spiro atoms. The standard InChI is InChI=1S/C17H11BrN2O2/c18-16-10-8-13(9-11-16)15(12-19)6-3-5-14-4-1-2-7-17(14)20(21)22/h1-11H/b5-3+,15-6-. The third-order valence-corrected chi connectivity index (χ3v) is 3.48. The van der Waals surface area contributed by atoms with Gasteiger partial charge in [0.15, 0.2) is 0 Å². The average molecular weight is 355 g/mol. The van der Waals surface area contributed by atoms with Crippen molar-refractivity contribution in [1.82, 2.24) is 0 Å². The molecule has 2 aromatic carbocycles. The minimum Gasteiger partial charge on any atom is -0.258 e. The predicted octanol–water partition coefficient (Wildman–Crippen LogP) is 4.98. The van der Waals surface area contributed by atoms with Gasteiger partial charge in [0.25, 0.3) is 5.69 Å². The van der Waals surface area contributed by atoms with Crippen molar-refractivity contribution in [2.75, 3.05) is 0 Å². The van der Waals surface area contributed by atoms with Crippen molar-refractivity contribution in [3.63, 3.8) is 0 Å². The molecule has 0 aliphatic carbocycles. The lowest BCUT2D eigenvalue weighted by atomic mass is 10.1. The Labute approximate surface area is 136 Å². The van der Waals surface area contributed by atoms with E-state index in [-0.39, 0.29) is 5.69 Å². The van der Waals surface area contributed by atoms with Gasteiger partial charge in [0, 0.05) is 10.5 Å². The van der Waals surface area contributed by atoms with E-state index in [1.165, 1.54) is 6.07 Å². The number of nitrogens with zero attached hydrogens (tertiary/aromatic N) is 2.